The number of hydrogen-bond donors (Lipinski definition) is 0. The van der Waals surface area contributed by atoms with Gasteiger partial charge in [0.15, 0.2) is 0 Å². The Bertz CT molecular complexity index is 382. The summed E-state index contributed by atoms with van der Waals surface area (Å²) in [6.07, 6.45) is 1.86. The summed E-state index contributed by atoms with van der Waals surface area (Å²) in [6, 6.07) is 8.29. The molecule has 0 amide bonds. The number of hydrogen-bond acceptors (Lipinski definition) is 1. The van der Waals surface area contributed by atoms with Gasteiger partial charge in [-0.05, 0) is 34.3 Å². The van der Waals surface area contributed by atoms with Crippen molar-refractivity contribution in [2.75, 3.05) is 0 Å². The molecule has 0 bridgehead atoms. The maximum Gasteiger partial charge on any atom is 0.258 e. The van der Waals surface area contributed by atoms with Crippen molar-refractivity contribution < 1.29 is 4.43 Å². The standard InChI is InChI=1S/C17H28OSi/c1-8-16-9-11-17(12-10-16)18-19(13(2)3,14(4)5)15(6)7/h8-15H,1H2,2-7H3. The first-order valence-corrected chi connectivity index (χ1v) is 9.40. The van der Waals surface area contributed by atoms with E-state index in [1.165, 1.54) is 0 Å². The van der Waals surface area contributed by atoms with Gasteiger partial charge >= 0.3 is 0 Å². The van der Waals surface area contributed by atoms with Gasteiger partial charge < -0.3 is 4.43 Å². The maximum atomic E-state index is 6.59. The Morgan fingerprint density at radius 1 is 0.895 bits per heavy atom. The molecule has 2 heteroatoms. The van der Waals surface area contributed by atoms with Crippen molar-refractivity contribution in [2.24, 2.45) is 0 Å². The Morgan fingerprint density at radius 2 is 1.32 bits per heavy atom. The fourth-order valence-corrected chi connectivity index (χ4v) is 8.48. The van der Waals surface area contributed by atoms with E-state index in [-0.39, 0.29) is 0 Å². The zero-order valence-corrected chi connectivity index (χ0v) is 14.2. The highest BCUT2D eigenvalue weighted by molar-refractivity contribution is 6.78. The minimum Gasteiger partial charge on any atom is -0.543 e. The van der Waals surface area contributed by atoms with Gasteiger partial charge in [-0.2, -0.15) is 0 Å². The van der Waals surface area contributed by atoms with Crippen LogP contribution >= 0.6 is 0 Å². The third kappa shape index (κ3) is 3.30. The first kappa shape index (κ1) is 16.0. The molecule has 0 radical (unpaired) electrons. The van der Waals surface area contributed by atoms with Crippen molar-refractivity contribution in [3.05, 3.63) is 36.4 Å². The molecule has 1 aromatic carbocycles. The van der Waals surface area contributed by atoms with Crippen molar-refractivity contribution in [2.45, 2.75) is 58.2 Å². The van der Waals surface area contributed by atoms with E-state index in [1.54, 1.807) is 0 Å². The molecule has 0 unspecified atom stereocenters. The van der Waals surface area contributed by atoms with Crippen LogP contribution in [-0.4, -0.2) is 8.32 Å². The zero-order chi connectivity index (χ0) is 14.6. The van der Waals surface area contributed by atoms with E-state index >= 15 is 0 Å². The van der Waals surface area contributed by atoms with Crippen LogP contribution in [0.3, 0.4) is 0 Å². The highest BCUT2D eigenvalue weighted by Crippen LogP contribution is 2.42. The average Bonchev–Trinajstić information content (AvgIpc) is 2.35. The second kappa shape index (κ2) is 6.42. The van der Waals surface area contributed by atoms with Gasteiger partial charge in [-0.15, -0.1) is 0 Å². The van der Waals surface area contributed by atoms with Crippen LogP contribution in [0.4, 0.5) is 0 Å². The lowest BCUT2D eigenvalue weighted by atomic mass is 10.2. The van der Waals surface area contributed by atoms with Crippen LogP contribution in [0.1, 0.15) is 47.1 Å². The summed E-state index contributed by atoms with van der Waals surface area (Å²) >= 11 is 0. The Hall–Kier alpha value is -1.02. The molecule has 19 heavy (non-hydrogen) atoms. The predicted octanol–water partition coefficient (Wildman–Crippen LogP) is 5.88. The van der Waals surface area contributed by atoms with Crippen LogP contribution in [0.5, 0.6) is 5.75 Å². The summed E-state index contributed by atoms with van der Waals surface area (Å²) in [7, 11) is -1.82. The van der Waals surface area contributed by atoms with Crippen molar-refractivity contribution in [3.63, 3.8) is 0 Å². The fraction of sp³-hybridized carbons (Fsp3) is 0.529. The van der Waals surface area contributed by atoms with Crippen molar-refractivity contribution in [3.8, 4) is 5.75 Å². The Kier molecular flexibility index (Phi) is 5.42. The van der Waals surface area contributed by atoms with Crippen molar-refractivity contribution >= 4 is 14.4 Å². The van der Waals surface area contributed by atoms with Crippen molar-refractivity contribution in [1.29, 1.82) is 0 Å². The molecule has 0 aliphatic carbocycles. The van der Waals surface area contributed by atoms with Crippen LogP contribution in [0.2, 0.25) is 16.6 Å². The van der Waals surface area contributed by atoms with Crippen LogP contribution < -0.4 is 4.43 Å². The quantitative estimate of drug-likeness (QED) is 0.589. The van der Waals surface area contributed by atoms with Gasteiger partial charge in [0, 0.05) is 0 Å². The van der Waals surface area contributed by atoms with Crippen LogP contribution in [0, 0.1) is 0 Å². The molecular weight excluding hydrogens is 248 g/mol. The van der Waals surface area contributed by atoms with E-state index in [1.807, 2.05) is 6.08 Å². The Balaban J connectivity index is 3.09. The van der Waals surface area contributed by atoms with Gasteiger partial charge in [0.05, 0.1) is 0 Å². The monoisotopic (exact) mass is 276 g/mol. The summed E-state index contributed by atoms with van der Waals surface area (Å²) in [5, 5.41) is 0. The summed E-state index contributed by atoms with van der Waals surface area (Å²) in [4.78, 5) is 0. The fourth-order valence-electron chi connectivity index (χ4n) is 3.23. The second-order valence-electron chi connectivity index (χ2n) is 6.19. The molecule has 0 saturated carbocycles. The van der Waals surface area contributed by atoms with Crippen LogP contribution in [0.25, 0.3) is 6.08 Å². The molecule has 0 atom stereocenters. The summed E-state index contributed by atoms with van der Waals surface area (Å²) in [6.45, 7) is 17.6. The highest BCUT2D eigenvalue weighted by atomic mass is 28.4. The van der Waals surface area contributed by atoms with E-state index < -0.39 is 8.32 Å². The molecule has 0 N–H and O–H groups in total. The van der Waals surface area contributed by atoms with Crippen LogP contribution in [-0.2, 0) is 0 Å². The molecule has 0 heterocycles. The smallest absolute Gasteiger partial charge is 0.258 e. The molecule has 0 aromatic heterocycles. The molecule has 1 rings (SSSR count). The third-order valence-corrected chi connectivity index (χ3v) is 10.1. The molecule has 0 spiro atoms. The molecule has 0 aliphatic rings. The first-order valence-electron chi connectivity index (χ1n) is 7.26. The largest absolute Gasteiger partial charge is 0.543 e. The molecule has 1 aromatic rings. The lowest BCUT2D eigenvalue weighted by Crippen LogP contribution is -2.50. The predicted molar refractivity (Wildman–Crippen MR) is 88.2 cm³/mol. The van der Waals surface area contributed by atoms with E-state index in [2.05, 4.69) is 72.4 Å². The Labute approximate surface area is 119 Å². The third-order valence-electron chi connectivity index (χ3n) is 4.12. The van der Waals surface area contributed by atoms with Crippen LogP contribution in [0.15, 0.2) is 30.8 Å². The summed E-state index contributed by atoms with van der Waals surface area (Å²) in [5.41, 5.74) is 2.95. The zero-order valence-electron chi connectivity index (χ0n) is 13.2. The minimum atomic E-state index is -1.82. The average molecular weight is 276 g/mol. The minimum absolute atomic E-state index is 0.603. The van der Waals surface area contributed by atoms with Gasteiger partial charge in [0.1, 0.15) is 5.75 Å². The van der Waals surface area contributed by atoms with Gasteiger partial charge in [-0.1, -0.05) is 66.3 Å². The molecule has 0 saturated heterocycles. The maximum absolute atomic E-state index is 6.59. The molecular formula is C17H28OSi. The molecule has 0 fully saturated rings. The van der Waals surface area contributed by atoms with Gasteiger partial charge in [0.2, 0.25) is 0 Å². The van der Waals surface area contributed by atoms with Gasteiger partial charge in [0.25, 0.3) is 8.32 Å². The Morgan fingerprint density at radius 3 is 1.63 bits per heavy atom. The second-order valence-corrected chi connectivity index (χ2v) is 11.6. The molecule has 1 nitrogen and oxygen atoms in total. The van der Waals surface area contributed by atoms with E-state index in [0.717, 1.165) is 11.3 Å². The lowest BCUT2D eigenvalue weighted by molar-refractivity contribution is 0.480. The molecule has 0 aliphatic heterocycles. The molecule has 106 valence electrons. The first-order chi connectivity index (χ1) is 8.84. The normalized spacial score (nSPS) is 12.3. The number of benzene rings is 1. The summed E-state index contributed by atoms with van der Waals surface area (Å²) in [5.74, 6) is 1.01. The number of rotatable bonds is 6. The summed E-state index contributed by atoms with van der Waals surface area (Å²) < 4.78 is 6.59. The van der Waals surface area contributed by atoms with E-state index in [0.29, 0.717) is 16.6 Å². The van der Waals surface area contributed by atoms with E-state index in [4.69, 9.17) is 4.43 Å². The van der Waals surface area contributed by atoms with Gasteiger partial charge in [-0.25, -0.2) is 0 Å². The van der Waals surface area contributed by atoms with Gasteiger partial charge in [-0.3, -0.25) is 0 Å². The van der Waals surface area contributed by atoms with E-state index in [9.17, 15) is 0 Å². The van der Waals surface area contributed by atoms with Crippen molar-refractivity contribution in [1.82, 2.24) is 0 Å². The lowest BCUT2D eigenvalue weighted by Gasteiger charge is -2.42. The highest BCUT2D eigenvalue weighted by Gasteiger charge is 2.46. The SMILES string of the molecule is C=Cc1ccc(O[Si](C(C)C)(C(C)C)C(C)C)cc1. The topological polar surface area (TPSA) is 9.23 Å².